The lowest BCUT2D eigenvalue weighted by atomic mass is 10.0. The maximum absolute atomic E-state index is 13.5. The summed E-state index contributed by atoms with van der Waals surface area (Å²) in [5.74, 6) is 1.28. The first-order valence-corrected chi connectivity index (χ1v) is 13.0. The van der Waals surface area contributed by atoms with Crippen molar-refractivity contribution < 1.29 is 19.1 Å². The molecule has 3 atom stereocenters. The summed E-state index contributed by atoms with van der Waals surface area (Å²) in [6, 6.07) is 15.1. The number of nitrogens with zero attached hydrogens (tertiary/aromatic N) is 2. The van der Waals surface area contributed by atoms with Crippen molar-refractivity contribution in [2.24, 2.45) is 11.8 Å². The van der Waals surface area contributed by atoms with Crippen LogP contribution in [0.3, 0.4) is 0 Å². The molecule has 36 heavy (non-hydrogen) atoms. The summed E-state index contributed by atoms with van der Waals surface area (Å²) in [6.45, 7) is 7.32. The number of amides is 2. The van der Waals surface area contributed by atoms with Crippen LogP contribution in [0.1, 0.15) is 42.6 Å². The van der Waals surface area contributed by atoms with Crippen molar-refractivity contribution in [1.82, 2.24) is 9.80 Å². The van der Waals surface area contributed by atoms with Crippen LogP contribution in [0, 0.1) is 11.8 Å². The smallest absolute Gasteiger partial charge is 0.257 e. The summed E-state index contributed by atoms with van der Waals surface area (Å²) in [5.41, 5.74) is 1.95. The molecule has 1 fully saturated rings. The second kappa shape index (κ2) is 11.9. The lowest BCUT2D eigenvalue weighted by Crippen LogP contribution is -2.47. The highest BCUT2D eigenvalue weighted by molar-refractivity contribution is 5.99. The van der Waals surface area contributed by atoms with Crippen molar-refractivity contribution in [3.8, 4) is 5.75 Å². The molecule has 1 saturated carbocycles. The molecular formula is C29H39N3O4. The van der Waals surface area contributed by atoms with Crippen molar-refractivity contribution in [3.05, 3.63) is 59.7 Å². The quantitative estimate of drug-likeness (QED) is 0.657. The van der Waals surface area contributed by atoms with Gasteiger partial charge in [-0.3, -0.25) is 14.5 Å². The molecule has 0 bridgehead atoms. The molecule has 2 aromatic rings. The van der Waals surface area contributed by atoms with Crippen LogP contribution in [0.5, 0.6) is 5.75 Å². The van der Waals surface area contributed by atoms with Gasteiger partial charge in [-0.25, -0.2) is 0 Å². The van der Waals surface area contributed by atoms with Crippen molar-refractivity contribution in [1.29, 1.82) is 0 Å². The Morgan fingerprint density at radius 1 is 1.11 bits per heavy atom. The zero-order valence-corrected chi connectivity index (χ0v) is 21.9. The molecule has 0 aromatic heterocycles. The molecule has 1 heterocycles. The van der Waals surface area contributed by atoms with Gasteiger partial charge in [-0.2, -0.15) is 0 Å². The molecule has 2 aromatic carbocycles. The molecule has 0 unspecified atom stereocenters. The van der Waals surface area contributed by atoms with Crippen LogP contribution < -0.4 is 10.1 Å². The molecule has 7 nitrogen and oxygen atoms in total. The van der Waals surface area contributed by atoms with E-state index in [1.807, 2.05) is 30.3 Å². The highest BCUT2D eigenvalue weighted by Crippen LogP contribution is 2.32. The monoisotopic (exact) mass is 493 g/mol. The Kier molecular flexibility index (Phi) is 8.64. The zero-order valence-electron chi connectivity index (χ0n) is 21.9. The maximum Gasteiger partial charge on any atom is 0.257 e. The molecule has 1 aliphatic carbocycles. The van der Waals surface area contributed by atoms with Crippen molar-refractivity contribution in [3.63, 3.8) is 0 Å². The number of methoxy groups -OCH3 is 1. The summed E-state index contributed by atoms with van der Waals surface area (Å²) < 4.78 is 12.1. The molecule has 0 radical (unpaired) electrons. The number of carbonyl (C=O) groups is 2. The summed E-state index contributed by atoms with van der Waals surface area (Å²) in [7, 11) is 3.51. The minimum absolute atomic E-state index is 0.0783. The van der Waals surface area contributed by atoms with Crippen LogP contribution >= 0.6 is 0 Å². The maximum atomic E-state index is 13.5. The summed E-state index contributed by atoms with van der Waals surface area (Å²) in [5, 5.41) is 2.94. The van der Waals surface area contributed by atoms with E-state index in [2.05, 4.69) is 24.1 Å². The van der Waals surface area contributed by atoms with Gasteiger partial charge in [0.05, 0.1) is 18.1 Å². The largest absolute Gasteiger partial charge is 0.491 e. The van der Waals surface area contributed by atoms with Crippen LogP contribution in [0.25, 0.3) is 0 Å². The van der Waals surface area contributed by atoms with Gasteiger partial charge in [-0.05, 0) is 55.4 Å². The number of nitrogens with one attached hydrogen (secondary N) is 1. The van der Waals surface area contributed by atoms with Crippen molar-refractivity contribution in [2.75, 3.05) is 45.7 Å². The SMILES string of the molecule is CO[C@H]1CN(C)C(=O)c2cc(NC(=O)Cc3ccccc3)ccc2OC[C@H](C)N(CC2CC2)C[C@H]1C. The first-order valence-electron chi connectivity index (χ1n) is 13.0. The Hall–Kier alpha value is -2.90. The molecule has 1 N–H and O–H groups in total. The van der Waals surface area contributed by atoms with Gasteiger partial charge >= 0.3 is 0 Å². The first-order chi connectivity index (χ1) is 17.3. The number of carbonyl (C=O) groups excluding carboxylic acids is 2. The molecule has 2 aliphatic rings. The molecule has 0 spiro atoms. The van der Waals surface area contributed by atoms with E-state index in [4.69, 9.17) is 9.47 Å². The third kappa shape index (κ3) is 6.86. The number of benzene rings is 2. The predicted molar refractivity (Wildman–Crippen MR) is 141 cm³/mol. The number of hydrogen-bond acceptors (Lipinski definition) is 5. The Bertz CT molecular complexity index is 1040. The van der Waals surface area contributed by atoms with Gasteiger partial charge in [0.15, 0.2) is 0 Å². The van der Waals surface area contributed by atoms with Crippen LogP contribution in [0.4, 0.5) is 5.69 Å². The van der Waals surface area contributed by atoms with Gasteiger partial charge in [-0.15, -0.1) is 0 Å². The van der Waals surface area contributed by atoms with E-state index in [1.165, 1.54) is 12.8 Å². The normalized spacial score (nSPS) is 23.7. The van der Waals surface area contributed by atoms with E-state index < -0.39 is 0 Å². The highest BCUT2D eigenvalue weighted by atomic mass is 16.5. The highest BCUT2D eigenvalue weighted by Gasteiger charge is 2.31. The Morgan fingerprint density at radius 2 is 1.86 bits per heavy atom. The molecule has 7 heteroatoms. The number of ether oxygens (including phenoxy) is 2. The first kappa shape index (κ1) is 26.2. The molecule has 194 valence electrons. The zero-order chi connectivity index (χ0) is 25.7. The third-order valence-corrected chi connectivity index (χ3v) is 7.25. The minimum Gasteiger partial charge on any atom is -0.491 e. The fourth-order valence-electron chi connectivity index (χ4n) is 4.80. The summed E-state index contributed by atoms with van der Waals surface area (Å²) in [4.78, 5) is 30.4. The van der Waals surface area contributed by atoms with Crippen molar-refractivity contribution in [2.45, 2.75) is 45.3 Å². The molecular weight excluding hydrogens is 454 g/mol. The summed E-state index contributed by atoms with van der Waals surface area (Å²) in [6.07, 6.45) is 2.78. The number of likely N-dealkylation sites (N-methyl/N-ethyl adjacent to an activating group) is 1. The van der Waals surface area contributed by atoms with Gasteiger partial charge < -0.3 is 19.7 Å². The van der Waals surface area contributed by atoms with Crippen LogP contribution in [-0.4, -0.2) is 74.2 Å². The van der Waals surface area contributed by atoms with Crippen LogP contribution in [-0.2, 0) is 16.0 Å². The summed E-state index contributed by atoms with van der Waals surface area (Å²) >= 11 is 0. The second-order valence-corrected chi connectivity index (χ2v) is 10.4. The second-order valence-electron chi connectivity index (χ2n) is 10.4. The minimum atomic E-state index is -0.151. The lowest BCUT2D eigenvalue weighted by Gasteiger charge is -2.36. The predicted octanol–water partition coefficient (Wildman–Crippen LogP) is 4.08. The van der Waals surface area contributed by atoms with E-state index in [-0.39, 0.29) is 36.3 Å². The van der Waals surface area contributed by atoms with Gasteiger partial charge in [0, 0.05) is 45.5 Å². The number of fused-ring (bicyclic) bond motifs is 1. The number of hydrogen-bond donors (Lipinski definition) is 1. The van der Waals surface area contributed by atoms with E-state index in [0.29, 0.717) is 30.2 Å². The van der Waals surface area contributed by atoms with Gasteiger partial charge in [0.25, 0.3) is 5.91 Å². The number of anilines is 1. The van der Waals surface area contributed by atoms with E-state index in [0.717, 1.165) is 24.6 Å². The molecule has 4 rings (SSSR count). The lowest BCUT2D eigenvalue weighted by molar-refractivity contribution is -0.115. The number of rotatable bonds is 6. The third-order valence-electron chi connectivity index (χ3n) is 7.25. The van der Waals surface area contributed by atoms with E-state index >= 15 is 0 Å². The fourth-order valence-corrected chi connectivity index (χ4v) is 4.80. The van der Waals surface area contributed by atoms with Crippen LogP contribution in [0.15, 0.2) is 48.5 Å². The standard InChI is InChI=1S/C29H39N3O4/c1-20-16-32(17-23-10-11-23)21(2)19-36-26-13-12-24(30-28(33)14-22-8-6-5-7-9-22)15-25(26)29(34)31(3)18-27(20)35-4/h5-9,12-13,15,20-21,23,27H,10-11,14,16-19H2,1-4H3,(H,30,33)/t20-,21+,27+/m1/s1. The van der Waals surface area contributed by atoms with Gasteiger partial charge in [0.2, 0.25) is 5.91 Å². The topological polar surface area (TPSA) is 71.1 Å². The van der Waals surface area contributed by atoms with E-state index in [9.17, 15) is 9.59 Å². The fraction of sp³-hybridized carbons (Fsp3) is 0.517. The Balaban J connectivity index is 1.56. The van der Waals surface area contributed by atoms with Crippen LogP contribution in [0.2, 0.25) is 0 Å². The Labute approximate surface area is 214 Å². The van der Waals surface area contributed by atoms with E-state index in [1.54, 1.807) is 37.3 Å². The molecule has 1 aliphatic heterocycles. The Morgan fingerprint density at radius 3 is 2.56 bits per heavy atom. The van der Waals surface area contributed by atoms with Gasteiger partial charge in [-0.1, -0.05) is 37.3 Å². The average Bonchev–Trinajstić information content (AvgIpc) is 3.69. The molecule has 0 saturated heterocycles. The molecule has 2 amide bonds. The van der Waals surface area contributed by atoms with Crippen molar-refractivity contribution >= 4 is 17.5 Å². The van der Waals surface area contributed by atoms with Gasteiger partial charge in [0.1, 0.15) is 12.4 Å². The average molecular weight is 494 g/mol.